The molecule has 3 rings (SSSR count). The minimum atomic E-state index is -0.561. The lowest BCUT2D eigenvalue weighted by Crippen LogP contribution is -2.61. The van der Waals surface area contributed by atoms with Gasteiger partial charge in [-0.1, -0.05) is 45.0 Å². The number of hydroxylamine groups is 1. The fourth-order valence-electron chi connectivity index (χ4n) is 4.51. The summed E-state index contributed by atoms with van der Waals surface area (Å²) in [5.74, 6) is 0.478. The molecule has 7 heteroatoms. The third-order valence-electron chi connectivity index (χ3n) is 6.39. The van der Waals surface area contributed by atoms with Gasteiger partial charge in [-0.2, -0.15) is 0 Å². The van der Waals surface area contributed by atoms with Gasteiger partial charge < -0.3 is 9.47 Å². The van der Waals surface area contributed by atoms with E-state index in [4.69, 9.17) is 14.3 Å². The molecule has 1 amide bonds. The Bertz CT molecular complexity index is 824. The molecule has 0 heterocycles. The van der Waals surface area contributed by atoms with Gasteiger partial charge in [-0.15, -0.1) is 0 Å². The predicted octanol–water partition coefficient (Wildman–Crippen LogP) is 4.51. The Morgan fingerprint density at radius 1 is 1.12 bits per heavy atom. The largest absolute Gasteiger partial charge is 0.461 e. The number of amides is 1. The first kappa shape index (κ1) is 26.4. The highest BCUT2D eigenvalue weighted by molar-refractivity contribution is 5.90. The van der Waals surface area contributed by atoms with Crippen LogP contribution in [0.1, 0.15) is 77.3 Å². The van der Waals surface area contributed by atoms with Crippen LogP contribution in [0, 0.1) is 11.8 Å². The lowest BCUT2D eigenvalue weighted by molar-refractivity contribution is -0.180. The van der Waals surface area contributed by atoms with E-state index < -0.39 is 11.8 Å². The Labute approximate surface area is 203 Å². The molecule has 1 atom stereocenters. The van der Waals surface area contributed by atoms with Crippen LogP contribution < -0.4 is 10.8 Å². The normalized spacial score (nSPS) is 23.7. The van der Waals surface area contributed by atoms with E-state index in [1.807, 2.05) is 38.1 Å². The number of rotatable bonds is 12. The summed E-state index contributed by atoms with van der Waals surface area (Å²) in [5, 5.41) is 3.48. The Morgan fingerprint density at radius 2 is 1.79 bits per heavy atom. The maximum absolute atomic E-state index is 12.9. The first-order valence-corrected chi connectivity index (χ1v) is 12.6. The van der Waals surface area contributed by atoms with Crippen LogP contribution in [0.2, 0.25) is 0 Å². The maximum atomic E-state index is 12.9. The van der Waals surface area contributed by atoms with Crippen LogP contribution >= 0.6 is 0 Å². The number of nitrogens with one attached hydrogen (secondary N) is 2. The van der Waals surface area contributed by atoms with Crippen LogP contribution in [-0.2, 0) is 30.4 Å². The summed E-state index contributed by atoms with van der Waals surface area (Å²) < 4.78 is 11.3. The smallest absolute Gasteiger partial charge is 0.326 e. The zero-order valence-electron chi connectivity index (χ0n) is 21.0. The molecule has 0 aliphatic heterocycles. The van der Waals surface area contributed by atoms with Crippen LogP contribution in [0.25, 0.3) is 6.08 Å². The van der Waals surface area contributed by atoms with Crippen LogP contribution in [0.5, 0.6) is 0 Å². The van der Waals surface area contributed by atoms with Crippen molar-refractivity contribution in [2.45, 2.75) is 90.7 Å². The van der Waals surface area contributed by atoms with Gasteiger partial charge in [0, 0.05) is 12.6 Å². The van der Waals surface area contributed by atoms with Crippen molar-refractivity contribution >= 4 is 18.0 Å². The van der Waals surface area contributed by atoms with Crippen molar-refractivity contribution in [2.75, 3.05) is 6.61 Å². The molecule has 2 N–H and O–H groups in total. The summed E-state index contributed by atoms with van der Waals surface area (Å²) in [6, 6.07) is 7.90. The zero-order chi connectivity index (χ0) is 24.6. The third-order valence-corrected chi connectivity index (χ3v) is 6.39. The molecule has 2 aliphatic rings. The van der Waals surface area contributed by atoms with Crippen molar-refractivity contribution in [1.29, 1.82) is 0 Å². The molecule has 7 nitrogen and oxygen atoms in total. The average molecular weight is 473 g/mol. The molecule has 1 unspecified atom stereocenters. The number of carbonyl (C=O) groups is 2. The molecule has 0 aromatic heterocycles. The third kappa shape index (κ3) is 7.93. The van der Waals surface area contributed by atoms with Gasteiger partial charge in [0.1, 0.15) is 11.6 Å². The number of esters is 1. The standard InChI is InChI=1S/C27H40N2O5/c1-19(2)18-32-21(4)34-29-25(30)14-13-22-9-11-23(12-10-22)17-28-27(15-20(3)16-27)26(31)33-24-7-5-6-8-24/h9-14,19-21,24,28H,5-8,15-18H2,1-4H3,(H,29,30)/b14-13+. The van der Waals surface area contributed by atoms with E-state index in [9.17, 15) is 9.59 Å². The Morgan fingerprint density at radius 3 is 2.41 bits per heavy atom. The molecular weight excluding hydrogens is 432 g/mol. The molecule has 2 aliphatic carbocycles. The van der Waals surface area contributed by atoms with E-state index in [2.05, 4.69) is 17.7 Å². The summed E-state index contributed by atoms with van der Waals surface area (Å²) in [4.78, 5) is 30.0. The highest BCUT2D eigenvalue weighted by atomic mass is 16.8. The van der Waals surface area contributed by atoms with E-state index in [1.165, 1.54) is 6.08 Å². The van der Waals surface area contributed by atoms with Crippen molar-refractivity contribution in [3.63, 3.8) is 0 Å². The lowest BCUT2D eigenvalue weighted by Gasteiger charge is -2.45. The summed E-state index contributed by atoms with van der Waals surface area (Å²) in [5.41, 5.74) is 3.79. The average Bonchev–Trinajstić information content (AvgIpc) is 3.30. The van der Waals surface area contributed by atoms with Crippen molar-refractivity contribution in [3.05, 3.63) is 41.5 Å². The van der Waals surface area contributed by atoms with Crippen LogP contribution in [0.4, 0.5) is 0 Å². The molecule has 1 aromatic carbocycles. The second kappa shape index (κ2) is 12.5. The molecule has 34 heavy (non-hydrogen) atoms. The number of hydrogen-bond donors (Lipinski definition) is 2. The fraction of sp³-hybridized carbons (Fsp3) is 0.630. The Hall–Kier alpha value is -2.22. The van der Waals surface area contributed by atoms with Gasteiger partial charge in [0.25, 0.3) is 5.91 Å². The summed E-state index contributed by atoms with van der Waals surface area (Å²) >= 11 is 0. The number of hydrogen-bond acceptors (Lipinski definition) is 6. The van der Waals surface area contributed by atoms with Crippen molar-refractivity contribution < 1.29 is 23.9 Å². The van der Waals surface area contributed by atoms with E-state index in [-0.39, 0.29) is 18.0 Å². The van der Waals surface area contributed by atoms with Crippen molar-refractivity contribution in [2.24, 2.45) is 11.8 Å². The highest BCUT2D eigenvalue weighted by Crippen LogP contribution is 2.39. The molecule has 0 radical (unpaired) electrons. The Balaban J connectivity index is 1.44. The quantitative estimate of drug-likeness (QED) is 0.201. The second-order valence-electron chi connectivity index (χ2n) is 10.2. The minimum absolute atomic E-state index is 0.0887. The molecule has 0 spiro atoms. The SMILES string of the molecule is CC(C)COC(C)ONC(=O)/C=C/c1ccc(CNC2(C(=O)OC3CCCC3)CC(C)C2)cc1. The topological polar surface area (TPSA) is 85.9 Å². The molecule has 2 fully saturated rings. The van der Waals surface area contributed by atoms with Gasteiger partial charge in [0.05, 0.1) is 6.61 Å². The molecule has 0 saturated heterocycles. The number of ether oxygens (including phenoxy) is 2. The maximum Gasteiger partial charge on any atom is 0.326 e. The van der Waals surface area contributed by atoms with E-state index in [0.717, 1.165) is 49.7 Å². The van der Waals surface area contributed by atoms with E-state index in [1.54, 1.807) is 13.0 Å². The summed E-state index contributed by atoms with van der Waals surface area (Å²) in [7, 11) is 0. The van der Waals surface area contributed by atoms with Crippen molar-refractivity contribution in [1.82, 2.24) is 10.8 Å². The summed E-state index contributed by atoms with van der Waals surface area (Å²) in [6.07, 6.45) is 8.63. The van der Waals surface area contributed by atoms with Crippen molar-refractivity contribution in [3.8, 4) is 0 Å². The molecular formula is C27H40N2O5. The predicted molar refractivity (Wildman–Crippen MR) is 131 cm³/mol. The van der Waals surface area contributed by atoms with Crippen LogP contribution in [-0.4, -0.2) is 36.4 Å². The molecule has 1 aromatic rings. The van der Waals surface area contributed by atoms with Gasteiger partial charge in [0.15, 0.2) is 6.29 Å². The van der Waals surface area contributed by atoms with Gasteiger partial charge in [0.2, 0.25) is 0 Å². The molecule has 2 saturated carbocycles. The van der Waals surface area contributed by atoms with Gasteiger partial charge >= 0.3 is 5.97 Å². The van der Waals surface area contributed by atoms with Gasteiger partial charge in [-0.3, -0.25) is 14.9 Å². The Kier molecular flexibility index (Phi) is 9.68. The minimum Gasteiger partial charge on any atom is -0.461 e. The fourth-order valence-corrected chi connectivity index (χ4v) is 4.51. The second-order valence-corrected chi connectivity index (χ2v) is 10.2. The first-order chi connectivity index (χ1) is 16.3. The van der Waals surface area contributed by atoms with Gasteiger partial charge in [-0.05, 0) is 74.5 Å². The number of carbonyl (C=O) groups excluding carboxylic acids is 2. The molecule has 0 bridgehead atoms. The summed E-state index contributed by atoms with van der Waals surface area (Å²) in [6.45, 7) is 9.17. The first-order valence-electron chi connectivity index (χ1n) is 12.6. The van der Waals surface area contributed by atoms with E-state index in [0.29, 0.717) is 25.0 Å². The van der Waals surface area contributed by atoms with Crippen LogP contribution in [0.15, 0.2) is 30.3 Å². The van der Waals surface area contributed by atoms with E-state index >= 15 is 0 Å². The lowest BCUT2D eigenvalue weighted by atomic mass is 9.69. The highest BCUT2D eigenvalue weighted by Gasteiger charge is 2.50. The van der Waals surface area contributed by atoms with Gasteiger partial charge in [-0.25, -0.2) is 10.3 Å². The number of benzene rings is 1. The molecule has 188 valence electrons. The zero-order valence-corrected chi connectivity index (χ0v) is 21.0. The monoisotopic (exact) mass is 472 g/mol. The van der Waals surface area contributed by atoms with Crippen LogP contribution in [0.3, 0.4) is 0 Å².